The van der Waals surface area contributed by atoms with Crippen LogP contribution in [0.15, 0.2) is 109 Å². The van der Waals surface area contributed by atoms with E-state index in [2.05, 4.69) is 38.1 Å². The van der Waals surface area contributed by atoms with Crippen molar-refractivity contribution in [2.75, 3.05) is 33.2 Å². The van der Waals surface area contributed by atoms with Crippen LogP contribution in [0.25, 0.3) is 0 Å². The second-order valence-corrected chi connectivity index (χ2v) is 13.2. The Kier molecular flexibility index (Phi) is 11.0. The van der Waals surface area contributed by atoms with Crippen LogP contribution in [0, 0.1) is 13.8 Å². The summed E-state index contributed by atoms with van der Waals surface area (Å²) in [7, 11) is -2.31. The molecular weight excluding hydrogens is 519 g/mol. The van der Waals surface area contributed by atoms with Gasteiger partial charge in [0.15, 0.2) is 6.10 Å². The quantitative estimate of drug-likeness (QED) is 0.138. The zero-order valence-corrected chi connectivity index (χ0v) is 24.8. The van der Waals surface area contributed by atoms with E-state index in [9.17, 15) is 0 Å². The van der Waals surface area contributed by atoms with Gasteiger partial charge in [-0.05, 0) is 55.8 Å². The number of hydrogen-bond donors (Lipinski definition) is 0. The summed E-state index contributed by atoms with van der Waals surface area (Å²) in [6.07, 6.45) is 0.185. The molecule has 0 heterocycles. The molecule has 4 aromatic carbocycles. The van der Waals surface area contributed by atoms with Gasteiger partial charge in [-0.2, -0.15) is 4.52 Å². The Balaban J connectivity index is 1.44. The van der Waals surface area contributed by atoms with Gasteiger partial charge in [0.1, 0.15) is 56.5 Å². The first-order chi connectivity index (χ1) is 19.3. The van der Waals surface area contributed by atoms with Crippen LogP contribution in [0.1, 0.15) is 16.7 Å². The topological polar surface area (TPSA) is 46.2 Å². The number of aryl methyl sites for hydroxylation is 2. The first-order valence-corrected chi connectivity index (χ1v) is 16.2. The maximum atomic E-state index is 6.70. The molecule has 6 heteroatoms. The van der Waals surface area contributed by atoms with E-state index in [-0.39, 0.29) is 12.2 Å². The molecule has 0 aliphatic heterocycles. The minimum Gasteiger partial charge on any atom is -0.491 e. The fourth-order valence-electron chi connectivity index (χ4n) is 4.20. The van der Waals surface area contributed by atoms with Crippen LogP contribution in [-0.4, -0.2) is 45.4 Å². The lowest BCUT2D eigenvalue weighted by atomic mass is 10.1. The highest BCUT2D eigenvalue weighted by atomic mass is 31.2. The van der Waals surface area contributed by atoms with E-state index in [1.165, 1.54) is 16.7 Å². The van der Waals surface area contributed by atoms with Crippen LogP contribution in [-0.2, 0) is 15.5 Å². The Morgan fingerprint density at radius 2 is 0.900 bits per heavy atom. The molecule has 0 saturated carbocycles. The standard InChI is InChI=1S/C34H40O5P/c1-27-15-19-29(20-16-27)23-33(24-35-30-11-7-5-8-12-30)38-40(3,4)39-34(25-36-31-13-9-6-10-14-31)26-37-32-21-17-28(2)18-22-32/h5-22,33-34H,23-26H2,1-4H3/q+1. The lowest BCUT2D eigenvalue weighted by Gasteiger charge is -2.26. The van der Waals surface area contributed by atoms with E-state index >= 15 is 0 Å². The average Bonchev–Trinajstić information content (AvgIpc) is 2.96. The average molecular weight is 560 g/mol. The van der Waals surface area contributed by atoms with Crippen molar-refractivity contribution in [2.45, 2.75) is 32.5 Å². The molecule has 0 amide bonds. The van der Waals surface area contributed by atoms with Gasteiger partial charge in [-0.3, -0.25) is 0 Å². The van der Waals surface area contributed by atoms with Gasteiger partial charge >= 0.3 is 0 Å². The highest BCUT2D eigenvalue weighted by molar-refractivity contribution is 7.65. The lowest BCUT2D eigenvalue weighted by Crippen LogP contribution is -2.31. The first kappa shape index (κ1) is 29.6. The predicted octanol–water partition coefficient (Wildman–Crippen LogP) is 7.96. The summed E-state index contributed by atoms with van der Waals surface area (Å²) in [5, 5.41) is 0. The fourth-order valence-corrected chi connectivity index (χ4v) is 5.94. The van der Waals surface area contributed by atoms with Crippen molar-refractivity contribution >= 4 is 7.72 Å². The minimum absolute atomic E-state index is 0.194. The molecule has 210 valence electrons. The van der Waals surface area contributed by atoms with Crippen LogP contribution >= 0.6 is 7.72 Å². The van der Waals surface area contributed by atoms with Crippen LogP contribution in [0.2, 0.25) is 0 Å². The minimum atomic E-state index is -2.31. The summed E-state index contributed by atoms with van der Waals surface area (Å²) >= 11 is 0. The number of rotatable bonds is 15. The summed E-state index contributed by atoms with van der Waals surface area (Å²) < 4.78 is 31.6. The van der Waals surface area contributed by atoms with Gasteiger partial charge in [-0.1, -0.05) is 83.9 Å². The molecule has 40 heavy (non-hydrogen) atoms. The van der Waals surface area contributed by atoms with E-state index in [1.807, 2.05) is 98.3 Å². The Bertz CT molecular complexity index is 1260. The van der Waals surface area contributed by atoms with Gasteiger partial charge in [0.2, 0.25) is 0 Å². The summed E-state index contributed by atoms with van der Waals surface area (Å²) in [5.41, 5.74) is 3.61. The Hall–Kier alpha value is -3.37. The second-order valence-electron chi connectivity index (χ2n) is 10.3. The lowest BCUT2D eigenvalue weighted by molar-refractivity contribution is 0.0543. The fraction of sp³-hybridized carbons (Fsp3) is 0.294. The number of benzene rings is 4. The smallest absolute Gasteiger partial charge is 0.270 e. The molecule has 0 saturated heterocycles. The second kappa shape index (κ2) is 14.9. The van der Waals surface area contributed by atoms with E-state index in [4.69, 9.17) is 23.3 Å². The molecule has 0 radical (unpaired) electrons. The van der Waals surface area contributed by atoms with Gasteiger partial charge in [0, 0.05) is 6.42 Å². The summed E-state index contributed by atoms with van der Waals surface area (Å²) in [6, 6.07) is 36.1. The van der Waals surface area contributed by atoms with Crippen molar-refractivity contribution in [3.8, 4) is 17.2 Å². The molecule has 4 rings (SSSR count). The number of ether oxygens (including phenoxy) is 3. The van der Waals surface area contributed by atoms with E-state index in [1.54, 1.807) is 0 Å². The van der Waals surface area contributed by atoms with Gasteiger partial charge < -0.3 is 14.2 Å². The van der Waals surface area contributed by atoms with E-state index in [0.717, 1.165) is 17.2 Å². The van der Waals surface area contributed by atoms with Crippen LogP contribution in [0.3, 0.4) is 0 Å². The first-order valence-electron chi connectivity index (χ1n) is 13.7. The maximum Gasteiger partial charge on any atom is 0.270 e. The largest absolute Gasteiger partial charge is 0.491 e. The molecule has 0 aromatic heterocycles. The van der Waals surface area contributed by atoms with Gasteiger partial charge in [0.25, 0.3) is 7.72 Å². The molecule has 0 spiro atoms. The SMILES string of the molecule is Cc1ccc(CC(COc2ccccc2)O[P+](C)(C)OC(COc2ccccc2)COc2ccc(C)cc2)cc1. The van der Waals surface area contributed by atoms with E-state index < -0.39 is 7.72 Å². The van der Waals surface area contributed by atoms with Crippen molar-refractivity contribution in [3.05, 3.63) is 126 Å². The van der Waals surface area contributed by atoms with Gasteiger partial charge in [-0.25, -0.2) is 4.52 Å². The van der Waals surface area contributed by atoms with Crippen molar-refractivity contribution in [3.63, 3.8) is 0 Å². The van der Waals surface area contributed by atoms with Gasteiger partial charge in [-0.15, -0.1) is 0 Å². The Morgan fingerprint density at radius 3 is 1.40 bits per heavy atom. The van der Waals surface area contributed by atoms with Crippen molar-refractivity contribution in [1.29, 1.82) is 0 Å². The molecule has 0 bridgehead atoms. The van der Waals surface area contributed by atoms with Crippen LogP contribution < -0.4 is 14.2 Å². The Morgan fingerprint density at radius 1 is 0.500 bits per heavy atom. The molecule has 0 fully saturated rings. The van der Waals surface area contributed by atoms with Gasteiger partial charge in [0.05, 0.1) is 0 Å². The highest BCUT2D eigenvalue weighted by Gasteiger charge is 2.38. The monoisotopic (exact) mass is 559 g/mol. The molecule has 0 aliphatic carbocycles. The predicted molar refractivity (Wildman–Crippen MR) is 164 cm³/mol. The molecule has 0 aliphatic rings. The maximum absolute atomic E-state index is 6.70. The van der Waals surface area contributed by atoms with Crippen LogP contribution in [0.5, 0.6) is 17.2 Å². The van der Waals surface area contributed by atoms with Crippen LogP contribution in [0.4, 0.5) is 0 Å². The number of para-hydroxylation sites is 2. The number of hydrogen-bond acceptors (Lipinski definition) is 5. The van der Waals surface area contributed by atoms with Crippen molar-refractivity contribution in [1.82, 2.24) is 0 Å². The molecular formula is C34H40O5P+. The summed E-state index contributed by atoms with van der Waals surface area (Å²) in [4.78, 5) is 0. The third-order valence-electron chi connectivity index (χ3n) is 6.20. The molecule has 5 nitrogen and oxygen atoms in total. The molecule has 2 unspecified atom stereocenters. The van der Waals surface area contributed by atoms with Crippen molar-refractivity contribution < 1.29 is 23.3 Å². The third kappa shape index (κ3) is 10.3. The zero-order valence-electron chi connectivity index (χ0n) is 23.9. The summed E-state index contributed by atoms with van der Waals surface area (Å²) in [6.45, 7) is 9.32. The Labute approximate surface area is 239 Å². The molecule has 0 N–H and O–H groups in total. The van der Waals surface area contributed by atoms with Crippen molar-refractivity contribution in [2.24, 2.45) is 0 Å². The van der Waals surface area contributed by atoms with E-state index in [0.29, 0.717) is 26.2 Å². The normalized spacial score (nSPS) is 12.9. The summed E-state index contributed by atoms with van der Waals surface area (Å²) in [5.74, 6) is 2.40. The molecule has 2 atom stereocenters. The zero-order chi connectivity index (χ0) is 28.2. The third-order valence-corrected chi connectivity index (χ3v) is 7.82. The highest BCUT2D eigenvalue weighted by Crippen LogP contribution is 2.56. The molecule has 4 aromatic rings.